The zero-order valence-corrected chi connectivity index (χ0v) is 10.9. The highest BCUT2D eigenvalue weighted by Crippen LogP contribution is 2.31. The van der Waals surface area contributed by atoms with E-state index >= 15 is 0 Å². The lowest BCUT2D eigenvalue weighted by atomic mass is 10.0. The molecule has 0 radical (unpaired) electrons. The number of para-hydroxylation sites is 1. The van der Waals surface area contributed by atoms with Gasteiger partial charge in [0.05, 0.1) is 15.7 Å². The van der Waals surface area contributed by atoms with Crippen LogP contribution in [0.5, 0.6) is 0 Å². The predicted octanol–water partition coefficient (Wildman–Crippen LogP) is 4.84. The van der Waals surface area contributed by atoms with Crippen LogP contribution >= 0.6 is 23.2 Å². The molecule has 0 saturated heterocycles. The Morgan fingerprint density at radius 2 is 1.73 bits per heavy atom. The number of benzene rings is 1. The molecule has 1 aromatic carbocycles. The molecule has 0 aromatic heterocycles. The van der Waals surface area contributed by atoms with Gasteiger partial charge in [-0.1, -0.05) is 50.0 Å². The van der Waals surface area contributed by atoms with Gasteiger partial charge >= 0.3 is 0 Å². The van der Waals surface area contributed by atoms with E-state index in [0.29, 0.717) is 22.0 Å². The second-order valence-electron chi connectivity index (χ2n) is 4.00. The maximum absolute atomic E-state index is 6.09. The lowest BCUT2D eigenvalue weighted by Crippen LogP contribution is -2.24. The van der Waals surface area contributed by atoms with Gasteiger partial charge in [-0.15, -0.1) is 0 Å². The van der Waals surface area contributed by atoms with Crippen LogP contribution in [-0.2, 0) is 0 Å². The van der Waals surface area contributed by atoms with Crippen molar-refractivity contribution in [3.63, 3.8) is 0 Å². The first-order valence-electron chi connectivity index (χ1n) is 5.26. The standard InChI is InChI=1S/C12H17Cl2N/c1-4-11(8(2)3)15-12-9(13)6-5-7-10(12)14/h5-8,11,15H,4H2,1-3H3. The average Bonchev–Trinajstić information content (AvgIpc) is 2.17. The topological polar surface area (TPSA) is 12.0 Å². The zero-order valence-electron chi connectivity index (χ0n) is 9.35. The first-order valence-corrected chi connectivity index (χ1v) is 6.02. The Balaban J connectivity index is 2.87. The molecule has 1 N–H and O–H groups in total. The summed E-state index contributed by atoms with van der Waals surface area (Å²) >= 11 is 12.2. The smallest absolute Gasteiger partial charge is 0.0721 e. The summed E-state index contributed by atoms with van der Waals surface area (Å²) in [6.07, 6.45) is 1.05. The summed E-state index contributed by atoms with van der Waals surface area (Å²) in [6.45, 7) is 6.53. The molecule has 0 amide bonds. The lowest BCUT2D eigenvalue weighted by Gasteiger charge is -2.23. The largest absolute Gasteiger partial charge is 0.380 e. The Hall–Kier alpha value is -0.400. The number of halogens is 2. The van der Waals surface area contributed by atoms with E-state index in [9.17, 15) is 0 Å². The van der Waals surface area contributed by atoms with E-state index < -0.39 is 0 Å². The minimum atomic E-state index is 0.405. The van der Waals surface area contributed by atoms with Crippen molar-refractivity contribution in [2.24, 2.45) is 5.92 Å². The van der Waals surface area contributed by atoms with E-state index in [1.54, 1.807) is 0 Å². The van der Waals surface area contributed by atoms with Gasteiger partial charge in [0, 0.05) is 6.04 Å². The highest BCUT2D eigenvalue weighted by molar-refractivity contribution is 6.39. The summed E-state index contributed by atoms with van der Waals surface area (Å²) in [4.78, 5) is 0. The Bertz CT molecular complexity index is 303. The fourth-order valence-electron chi connectivity index (χ4n) is 1.56. The third kappa shape index (κ3) is 3.29. The van der Waals surface area contributed by atoms with Crippen LogP contribution in [0.2, 0.25) is 10.0 Å². The molecule has 1 atom stereocenters. The summed E-state index contributed by atoms with van der Waals surface area (Å²) in [5.41, 5.74) is 0.849. The van der Waals surface area contributed by atoms with Crippen LogP contribution in [0, 0.1) is 5.92 Å². The Morgan fingerprint density at radius 3 is 2.13 bits per heavy atom. The van der Waals surface area contributed by atoms with Crippen LogP contribution in [0.1, 0.15) is 27.2 Å². The van der Waals surface area contributed by atoms with Crippen LogP contribution in [0.3, 0.4) is 0 Å². The van der Waals surface area contributed by atoms with E-state index in [-0.39, 0.29) is 0 Å². The van der Waals surface area contributed by atoms with Crippen LogP contribution in [-0.4, -0.2) is 6.04 Å². The maximum Gasteiger partial charge on any atom is 0.0721 e. The molecule has 0 aliphatic carbocycles. The van der Waals surface area contributed by atoms with Gasteiger partial charge in [0.1, 0.15) is 0 Å². The first kappa shape index (κ1) is 12.7. The maximum atomic E-state index is 6.09. The molecule has 15 heavy (non-hydrogen) atoms. The van der Waals surface area contributed by atoms with Crippen LogP contribution in [0.15, 0.2) is 18.2 Å². The van der Waals surface area contributed by atoms with Crippen LogP contribution in [0.25, 0.3) is 0 Å². The lowest BCUT2D eigenvalue weighted by molar-refractivity contribution is 0.511. The van der Waals surface area contributed by atoms with Crippen molar-refractivity contribution in [3.05, 3.63) is 28.2 Å². The molecule has 84 valence electrons. The molecule has 1 aromatic rings. The van der Waals surface area contributed by atoms with Crippen molar-refractivity contribution >= 4 is 28.9 Å². The van der Waals surface area contributed by atoms with Gasteiger partial charge in [0.25, 0.3) is 0 Å². The molecule has 0 aliphatic rings. The molecule has 0 aliphatic heterocycles. The highest BCUT2D eigenvalue weighted by atomic mass is 35.5. The molecule has 0 fully saturated rings. The summed E-state index contributed by atoms with van der Waals surface area (Å²) in [7, 11) is 0. The number of anilines is 1. The minimum Gasteiger partial charge on any atom is -0.380 e. The predicted molar refractivity (Wildman–Crippen MR) is 69.0 cm³/mol. The van der Waals surface area contributed by atoms with Gasteiger partial charge in [0.2, 0.25) is 0 Å². The molecular weight excluding hydrogens is 229 g/mol. The number of nitrogens with one attached hydrogen (secondary N) is 1. The molecule has 3 heteroatoms. The fourth-order valence-corrected chi connectivity index (χ4v) is 2.07. The summed E-state index contributed by atoms with van der Waals surface area (Å²) < 4.78 is 0. The van der Waals surface area contributed by atoms with Gasteiger partial charge < -0.3 is 5.32 Å². The van der Waals surface area contributed by atoms with E-state index in [1.165, 1.54) is 0 Å². The molecule has 1 unspecified atom stereocenters. The quantitative estimate of drug-likeness (QED) is 0.801. The molecule has 0 bridgehead atoms. The summed E-state index contributed by atoms with van der Waals surface area (Å²) in [5, 5.41) is 4.76. The number of rotatable bonds is 4. The monoisotopic (exact) mass is 245 g/mol. The average molecular weight is 246 g/mol. The summed E-state index contributed by atoms with van der Waals surface area (Å²) in [5.74, 6) is 0.558. The van der Waals surface area contributed by atoms with Gasteiger partial charge in [-0.2, -0.15) is 0 Å². The van der Waals surface area contributed by atoms with Gasteiger partial charge in [0.15, 0.2) is 0 Å². The van der Waals surface area contributed by atoms with E-state index in [0.717, 1.165) is 12.1 Å². The minimum absolute atomic E-state index is 0.405. The Kier molecular flexibility index (Phi) is 4.75. The van der Waals surface area contributed by atoms with Crippen molar-refractivity contribution in [1.82, 2.24) is 0 Å². The summed E-state index contributed by atoms with van der Waals surface area (Å²) in [6, 6.07) is 5.96. The van der Waals surface area contributed by atoms with Gasteiger partial charge in [-0.3, -0.25) is 0 Å². The highest BCUT2D eigenvalue weighted by Gasteiger charge is 2.13. The third-order valence-corrected chi connectivity index (χ3v) is 3.17. The van der Waals surface area contributed by atoms with Crippen molar-refractivity contribution in [3.8, 4) is 0 Å². The van der Waals surface area contributed by atoms with E-state index in [4.69, 9.17) is 23.2 Å². The Labute approximate surface area is 102 Å². The molecule has 0 saturated carbocycles. The molecular formula is C12H17Cl2N. The van der Waals surface area contributed by atoms with Crippen molar-refractivity contribution in [2.75, 3.05) is 5.32 Å². The second kappa shape index (κ2) is 5.62. The van der Waals surface area contributed by atoms with Crippen molar-refractivity contribution in [2.45, 2.75) is 33.2 Å². The van der Waals surface area contributed by atoms with Gasteiger partial charge in [-0.05, 0) is 24.5 Å². The Morgan fingerprint density at radius 1 is 1.20 bits per heavy atom. The molecule has 1 nitrogen and oxygen atoms in total. The first-order chi connectivity index (χ1) is 7.06. The fraction of sp³-hybridized carbons (Fsp3) is 0.500. The van der Waals surface area contributed by atoms with E-state index in [2.05, 4.69) is 26.1 Å². The third-order valence-electron chi connectivity index (χ3n) is 2.54. The van der Waals surface area contributed by atoms with Crippen molar-refractivity contribution in [1.29, 1.82) is 0 Å². The SMILES string of the molecule is CCC(Nc1c(Cl)cccc1Cl)C(C)C. The van der Waals surface area contributed by atoms with Crippen molar-refractivity contribution < 1.29 is 0 Å². The van der Waals surface area contributed by atoms with Crippen LogP contribution < -0.4 is 5.32 Å². The molecule has 0 spiro atoms. The normalized spacial score (nSPS) is 12.9. The molecule has 1 rings (SSSR count). The van der Waals surface area contributed by atoms with E-state index in [1.807, 2.05) is 18.2 Å². The number of hydrogen-bond acceptors (Lipinski definition) is 1. The van der Waals surface area contributed by atoms with Gasteiger partial charge in [-0.25, -0.2) is 0 Å². The number of hydrogen-bond donors (Lipinski definition) is 1. The molecule has 0 heterocycles. The second-order valence-corrected chi connectivity index (χ2v) is 4.81. The zero-order chi connectivity index (χ0) is 11.4. The van der Waals surface area contributed by atoms with Crippen LogP contribution in [0.4, 0.5) is 5.69 Å².